The molecule has 0 bridgehead atoms. The van der Waals surface area contributed by atoms with Crippen molar-refractivity contribution in [2.75, 3.05) is 4.90 Å². The number of nitrogens with zero attached hydrogens (tertiary/aromatic N) is 1. The summed E-state index contributed by atoms with van der Waals surface area (Å²) in [5.41, 5.74) is 18.8. The summed E-state index contributed by atoms with van der Waals surface area (Å²) in [5, 5.41) is 2.35. The lowest BCUT2D eigenvalue weighted by molar-refractivity contribution is 0.436. The van der Waals surface area contributed by atoms with Crippen LogP contribution in [0.25, 0.3) is 44.2 Å². The zero-order valence-corrected chi connectivity index (χ0v) is 37.4. The first-order valence-corrected chi connectivity index (χ1v) is 23.8. The van der Waals surface area contributed by atoms with Crippen molar-refractivity contribution in [1.82, 2.24) is 0 Å². The molecule has 0 N–H and O–H groups in total. The molecule has 0 radical (unpaired) electrons. The lowest BCUT2D eigenvalue weighted by Crippen LogP contribution is -2.32. The van der Waals surface area contributed by atoms with E-state index in [1.165, 1.54) is 49.9 Å². The lowest BCUT2D eigenvalue weighted by Gasteiger charge is -2.40. The van der Waals surface area contributed by atoms with Gasteiger partial charge in [0.2, 0.25) is 0 Å². The van der Waals surface area contributed by atoms with Gasteiger partial charge >= 0.3 is 0 Å². The largest absolute Gasteiger partial charge is 0.457 e. The number of para-hydroxylation sites is 4. The van der Waals surface area contributed by atoms with E-state index in [2.05, 4.69) is 254 Å². The third-order valence-corrected chi connectivity index (χ3v) is 15.4. The standard InChI is InChI=1S/C66H41NO2/c1-2-19-42(20-3-1)46-23-8-14-32-58(46)67(59-33-18-31-56-64(59)48-25-7-10-27-51(48)66(56)54-29-12-15-34-60(54)68-61-35-16-13-30-55(61)66)45-37-38-52-49(41-45)47-24-6-9-26-50(47)65(52)53-28-11-17-36-62(53)69-63-40-44-22-5-4-21-43(44)39-57(63)65/h1-41H. The molecule has 69 heavy (non-hydrogen) atoms. The zero-order chi connectivity index (χ0) is 45.3. The van der Waals surface area contributed by atoms with Gasteiger partial charge in [0.05, 0.1) is 22.2 Å². The first kappa shape index (κ1) is 38.2. The first-order chi connectivity index (χ1) is 34.2. The maximum atomic E-state index is 6.88. The number of benzene rings is 11. The molecule has 11 aromatic carbocycles. The number of fused-ring (bicyclic) bond motifs is 19. The monoisotopic (exact) mass is 879 g/mol. The smallest absolute Gasteiger partial charge is 0.132 e. The Bertz CT molecular complexity index is 3900. The third kappa shape index (κ3) is 5.06. The van der Waals surface area contributed by atoms with Gasteiger partial charge in [0.1, 0.15) is 23.0 Å². The fraction of sp³-hybridized carbons (Fsp3) is 0.0303. The summed E-state index contributed by atoms with van der Waals surface area (Å²) < 4.78 is 13.6. The highest BCUT2D eigenvalue weighted by molar-refractivity contribution is 6.02. The van der Waals surface area contributed by atoms with Crippen LogP contribution in [0.2, 0.25) is 0 Å². The van der Waals surface area contributed by atoms with E-state index in [0.717, 1.165) is 78.8 Å². The number of hydrogen-bond donors (Lipinski definition) is 0. The highest BCUT2D eigenvalue weighted by Gasteiger charge is 2.53. The molecule has 1 unspecified atom stereocenters. The molecule has 322 valence electrons. The predicted molar refractivity (Wildman–Crippen MR) is 279 cm³/mol. The Kier molecular flexibility index (Phi) is 7.92. The molecule has 11 aromatic rings. The minimum Gasteiger partial charge on any atom is -0.457 e. The second-order valence-electron chi connectivity index (χ2n) is 18.6. The Hall–Kier alpha value is -8.92. The summed E-state index contributed by atoms with van der Waals surface area (Å²) in [4.78, 5) is 2.53. The molecular formula is C66H41NO2. The van der Waals surface area contributed by atoms with Crippen LogP contribution >= 0.6 is 0 Å². The van der Waals surface area contributed by atoms with Crippen molar-refractivity contribution < 1.29 is 9.47 Å². The normalized spacial score (nSPS) is 15.7. The molecule has 4 aliphatic rings. The summed E-state index contributed by atoms with van der Waals surface area (Å²) in [5.74, 6) is 3.53. The van der Waals surface area contributed by atoms with Gasteiger partial charge in [0, 0.05) is 39.1 Å². The molecule has 0 amide bonds. The van der Waals surface area contributed by atoms with Crippen LogP contribution in [-0.4, -0.2) is 0 Å². The molecule has 2 aliphatic heterocycles. The van der Waals surface area contributed by atoms with Gasteiger partial charge in [-0.05, 0) is 110 Å². The van der Waals surface area contributed by atoms with Crippen molar-refractivity contribution in [1.29, 1.82) is 0 Å². The highest BCUT2D eigenvalue weighted by Crippen LogP contribution is 2.66. The van der Waals surface area contributed by atoms with E-state index in [0.29, 0.717) is 0 Å². The van der Waals surface area contributed by atoms with Gasteiger partial charge < -0.3 is 14.4 Å². The number of anilines is 3. The molecule has 0 fully saturated rings. The number of ether oxygens (including phenoxy) is 2. The molecule has 0 saturated heterocycles. The molecule has 0 aromatic heterocycles. The summed E-state index contributed by atoms with van der Waals surface area (Å²) in [6, 6.07) is 91.0. The quantitative estimate of drug-likeness (QED) is 0.176. The van der Waals surface area contributed by atoms with Crippen LogP contribution in [0.4, 0.5) is 17.1 Å². The topological polar surface area (TPSA) is 21.7 Å². The van der Waals surface area contributed by atoms with E-state index in [-0.39, 0.29) is 0 Å². The van der Waals surface area contributed by atoms with E-state index in [9.17, 15) is 0 Å². The van der Waals surface area contributed by atoms with Gasteiger partial charge in [-0.1, -0.05) is 194 Å². The average molecular weight is 880 g/mol. The fourth-order valence-corrected chi connectivity index (χ4v) is 12.7. The minimum absolute atomic E-state index is 0.616. The Morgan fingerprint density at radius 3 is 1.45 bits per heavy atom. The van der Waals surface area contributed by atoms with Gasteiger partial charge in [-0.3, -0.25) is 0 Å². The lowest BCUT2D eigenvalue weighted by atomic mass is 9.66. The van der Waals surface area contributed by atoms with Crippen molar-refractivity contribution in [3.63, 3.8) is 0 Å². The predicted octanol–water partition coefficient (Wildman–Crippen LogP) is 16.9. The van der Waals surface area contributed by atoms with E-state index in [1.54, 1.807) is 0 Å². The molecule has 1 atom stereocenters. The Balaban J connectivity index is 1.03. The van der Waals surface area contributed by atoms with Gasteiger partial charge in [0.15, 0.2) is 0 Å². The molecular weight excluding hydrogens is 839 g/mol. The van der Waals surface area contributed by atoms with Gasteiger partial charge in [-0.15, -0.1) is 0 Å². The zero-order valence-electron chi connectivity index (χ0n) is 37.4. The SMILES string of the molecule is c1ccc(-c2ccccc2N(c2ccc3c(c2)-c2ccccc2C32c3ccccc3Oc3cc4ccccc4cc32)c2cccc3c2-c2ccccc2C32c3ccccc3Oc3ccccc32)cc1. The summed E-state index contributed by atoms with van der Waals surface area (Å²) in [6.45, 7) is 0. The van der Waals surface area contributed by atoms with E-state index in [4.69, 9.17) is 9.47 Å². The molecule has 0 saturated carbocycles. The van der Waals surface area contributed by atoms with E-state index >= 15 is 0 Å². The Labute approximate surface area is 400 Å². The van der Waals surface area contributed by atoms with Crippen molar-refractivity contribution in [3.05, 3.63) is 293 Å². The van der Waals surface area contributed by atoms with Gasteiger partial charge in [0.25, 0.3) is 0 Å². The summed E-state index contributed by atoms with van der Waals surface area (Å²) >= 11 is 0. The van der Waals surface area contributed by atoms with Crippen LogP contribution in [0, 0.1) is 0 Å². The van der Waals surface area contributed by atoms with Gasteiger partial charge in [-0.2, -0.15) is 0 Å². The number of hydrogen-bond acceptors (Lipinski definition) is 3. The molecule has 15 rings (SSSR count). The molecule has 2 aliphatic carbocycles. The van der Waals surface area contributed by atoms with Gasteiger partial charge in [-0.25, -0.2) is 0 Å². The van der Waals surface area contributed by atoms with E-state index in [1.807, 2.05) is 0 Å². The molecule has 3 heteroatoms. The Morgan fingerprint density at radius 1 is 0.275 bits per heavy atom. The van der Waals surface area contributed by atoms with Crippen LogP contribution in [0.5, 0.6) is 23.0 Å². The fourth-order valence-electron chi connectivity index (χ4n) is 12.7. The maximum Gasteiger partial charge on any atom is 0.132 e. The molecule has 3 nitrogen and oxygen atoms in total. The van der Waals surface area contributed by atoms with Crippen LogP contribution < -0.4 is 14.4 Å². The highest BCUT2D eigenvalue weighted by atomic mass is 16.5. The van der Waals surface area contributed by atoms with Crippen molar-refractivity contribution in [2.24, 2.45) is 0 Å². The van der Waals surface area contributed by atoms with E-state index < -0.39 is 10.8 Å². The van der Waals surface area contributed by atoms with Crippen LogP contribution in [-0.2, 0) is 10.8 Å². The maximum absolute atomic E-state index is 6.88. The van der Waals surface area contributed by atoms with Crippen LogP contribution in [0.1, 0.15) is 44.5 Å². The van der Waals surface area contributed by atoms with Crippen molar-refractivity contribution in [2.45, 2.75) is 10.8 Å². The molecule has 2 spiro atoms. The third-order valence-electron chi connectivity index (χ3n) is 15.4. The number of rotatable bonds is 4. The Morgan fingerprint density at radius 2 is 0.754 bits per heavy atom. The van der Waals surface area contributed by atoms with Crippen LogP contribution in [0.15, 0.2) is 249 Å². The van der Waals surface area contributed by atoms with Crippen molar-refractivity contribution >= 4 is 27.8 Å². The first-order valence-electron chi connectivity index (χ1n) is 23.8. The average Bonchev–Trinajstić information content (AvgIpc) is 3.87. The second-order valence-corrected chi connectivity index (χ2v) is 18.6. The van der Waals surface area contributed by atoms with Crippen molar-refractivity contribution in [3.8, 4) is 56.4 Å². The minimum atomic E-state index is -0.616. The molecule has 2 heterocycles. The van der Waals surface area contributed by atoms with Crippen LogP contribution in [0.3, 0.4) is 0 Å². The summed E-state index contributed by atoms with van der Waals surface area (Å²) in [7, 11) is 0. The second kappa shape index (κ2) is 14.3. The summed E-state index contributed by atoms with van der Waals surface area (Å²) in [6.07, 6.45) is 0.